The van der Waals surface area contributed by atoms with Crippen LogP contribution >= 0.6 is 11.6 Å². The van der Waals surface area contributed by atoms with E-state index < -0.39 is 17.4 Å². The summed E-state index contributed by atoms with van der Waals surface area (Å²) in [5, 5.41) is 24.2. The van der Waals surface area contributed by atoms with Crippen molar-refractivity contribution in [3.8, 4) is 28.3 Å². The molecule has 3 aromatic carbocycles. The van der Waals surface area contributed by atoms with E-state index in [0.29, 0.717) is 5.52 Å². The van der Waals surface area contributed by atoms with Crippen LogP contribution in [-0.2, 0) is 0 Å². The van der Waals surface area contributed by atoms with Gasteiger partial charge in [-0.2, -0.15) is 9.49 Å². The molecule has 0 unspecified atom stereocenters. The zero-order valence-electron chi connectivity index (χ0n) is 13.1. The van der Waals surface area contributed by atoms with Crippen molar-refractivity contribution < 1.29 is 19.0 Å². The molecule has 0 fully saturated rings. The fraction of sp³-hybridized carbons (Fsp3) is 0. The molecule has 0 amide bonds. The van der Waals surface area contributed by atoms with E-state index in [4.69, 9.17) is 11.6 Å². The highest BCUT2D eigenvalue weighted by molar-refractivity contribution is 6.32. The number of phenols is 2. The van der Waals surface area contributed by atoms with Gasteiger partial charge >= 0.3 is 0 Å². The van der Waals surface area contributed by atoms with Gasteiger partial charge in [-0.25, -0.2) is 9.07 Å². The van der Waals surface area contributed by atoms with Crippen LogP contribution in [0.5, 0.6) is 11.5 Å². The van der Waals surface area contributed by atoms with Gasteiger partial charge in [-0.1, -0.05) is 23.7 Å². The Morgan fingerprint density at radius 3 is 2.35 bits per heavy atom. The predicted octanol–water partition coefficient (Wildman–Crippen LogP) is 5.04. The molecule has 1 aromatic heterocycles. The van der Waals surface area contributed by atoms with Crippen LogP contribution in [-0.4, -0.2) is 20.0 Å². The van der Waals surface area contributed by atoms with Crippen molar-refractivity contribution in [2.75, 3.05) is 0 Å². The van der Waals surface area contributed by atoms with Crippen LogP contribution in [0.15, 0.2) is 54.7 Å². The SMILES string of the molecule is Oc1ccc(-c2ccc3c(cnn3-c3cc(O)c(F)c(F)c3)c2)cc1Cl. The molecule has 4 aromatic rings. The number of phenolic OH excluding ortho intramolecular Hbond substituents is 2. The molecule has 1 heterocycles. The fourth-order valence-corrected chi connectivity index (χ4v) is 2.97. The Bertz CT molecular complexity index is 1130. The molecular formula is C19H11ClF2N2O2. The highest BCUT2D eigenvalue weighted by Gasteiger charge is 2.13. The minimum absolute atomic E-state index is 0.00228. The molecule has 130 valence electrons. The summed E-state index contributed by atoms with van der Waals surface area (Å²) >= 11 is 5.95. The number of aromatic hydroxyl groups is 2. The lowest BCUT2D eigenvalue weighted by atomic mass is 10.0. The van der Waals surface area contributed by atoms with Gasteiger partial charge in [-0.15, -0.1) is 0 Å². The van der Waals surface area contributed by atoms with Gasteiger partial charge in [0.05, 0.1) is 22.4 Å². The van der Waals surface area contributed by atoms with E-state index in [9.17, 15) is 19.0 Å². The topological polar surface area (TPSA) is 58.3 Å². The Kier molecular flexibility index (Phi) is 3.77. The molecule has 0 atom stereocenters. The lowest BCUT2D eigenvalue weighted by molar-refractivity contribution is 0.406. The number of hydrogen-bond acceptors (Lipinski definition) is 3. The monoisotopic (exact) mass is 372 g/mol. The van der Waals surface area contributed by atoms with Crippen molar-refractivity contribution in [3.63, 3.8) is 0 Å². The second-order valence-corrected chi connectivity index (χ2v) is 6.16. The summed E-state index contributed by atoms with van der Waals surface area (Å²) in [5.74, 6) is -3.22. The summed E-state index contributed by atoms with van der Waals surface area (Å²) in [4.78, 5) is 0. The Morgan fingerprint density at radius 1 is 0.885 bits per heavy atom. The van der Waals surface area contributed by atoms with Crippen LogP contribution in [0.1, 0.15) is 0 Å². The maximum absolute atomic E-state index is 13.6. The molecule has 0 spiro atoms. The van der Waals surface area contributed by atoms with Crippen molar-refractivity contribution in [2.24, 2.45) is 0 Å². The van der Waals surface area contributed by atoms with Gasteiger partial charge in [0.15, 0.2) is 17.4 Å². The molecule has 0 aliphatic heterocycles. The lowest BCUT2D eigenvalue weighted by Crippen LogP contribution is -1.98. The van der Waals surface area contributed by atoms with Gasteiger partial charge in [0, 0.05) is 17.5 Å². The molecule has 0 bridgehead atoms. The summed E-state index contributed by atoms with van der Waals surface area (Å²) in [6.45, 7) is 0. The van der Waals surface area contributed by atoms with Crippen molar-refractivity contribution >= 4 is 22.5 Å². The molecule has 0 saturated heterocycles. The number of fused-ring (bicyclic) bond motifs is 1. The molecule has 26 heavy (non-hydrogen) atoms. The zero-order valence-corrected chi connectivity index (χ0v) is 13.9. The Hall–Kier alpha value is -3.12. The Morgan fingerprint density at radius 2 is 1.62 bits per heavy atom. The molecule has 7 heteroatoms. The van der Waals surface area contributed by atoms with Gasteiger partial charge in [-0.05, 0) is 35.4 Å². The number of nitrogens with zero attached hydrogens (tertiary/aromatic N) is 2. The first-order valence-electron chi connectivity index (χ1n) is 7.59. The van der Waals surface area contributed by atoms with E-state index >= 15 is 0 Å². The van der Waals surface area contributed by atoms with E-state index in [1.54, 1.807) is 24.4 Å². The van der Waals surface area contributed by atoms with E-state index in [1.165, 1.54) is 10.7 Å². The quantitative estimate of drug-likeness (QED) is 0.518. The fourth-order valence-electron chi connectivity index (χ4n) is 2.79. The van der Waals surface area contributed by atoms with Crippen LogP contribution < -0.4 is 0 Å². The van der Waals surface area contributed by atoms with Gasteiger partial charge < -0.3 is 10.2 Å². The van der Waals surface area contributed by atoms with Crippen molar-refractivity contribution in [2.45, 2.75) is 0 Å². The van der Waals surface area contributed by atoms with Crippen molar-refractivity contribution in [1.29, 1.82) is 0 Å². The van der Waals surface area contributed by atoms with Crippen LogP contribution in [0.25, 0.3) is 27.7 Å². The highest BCUT2D eigenvalue weighted by Crippen LogP contribution is 2.32. The number of aromatic nitrogens is 2. The molecule has 0 aliphatic carbocycles. The first-order valence-corrected chi connectivity index (χ1v) is 7.97. The summed E-state index contributed by atoms with van der Waals surface area (Å²) in [5.41, 5.74) is 2.53. The number of benzene rings is 3. The summed E-state index contributed by atoms with van der Waals surface area (Å²) in [6, 6.07) is 12.4. The van der Waals surface area contributed by atoms with Crippen LogP contribution in [0, 0.1) is 11.6 Å². The normalized spacial score (nSPS) is 11.2. The maximum atomic E-state index is 13.6. The predicted molar refractivity (Wildman–Crippen MR) is 94.8 cm³/mol. The number of rotatable bonds is 2. The van der Waals surface area contributed by atoms with Crippen LogP contribution in [0.4, 0.5) is 8.78 Å². The second-order valence-electron chi connectivity index (χ2n) is 5.76. The molecule has 0 saturated carbocycles. The van der Waals surface area contributed by atoms with Gasteiger partial charge in [-0.3, -0.25) is 0 Å². The highest BCUT2D eigenvalue weighted by atomic mass is 35.5. The van der Waals surface area contributed by atoms with E-state index in [-0.39, 0.29) is 16.5 Å². The van der Waals surface area contributed by atoms with Crippen molar-refractivity contribution in [3.05, 3.63) is 71.4 Å². The summed E-state index contributed by atoms with van der Waals surface area (Å²) in [6.07, 6.45) is 1.58. The largest absolute Gasteiger partial charge is 0.506 e. The van der Waals surface area contributed by atoms with Crippen molar-refractivity contribution in [1.82, 2.24) is 9.78 Å². The molecule has 2 N–H and O–H groups in total. The number of halogens is 3. The first kappa shape index (κ1) is 16.4. The molecule has 0 radical (unpaired) electrons. The second kappa shape index (κ2) is 6.00. The minimum Gasteiger partial charge on any atom is -0.506 e. The van der Waals surface area contributed by atoms with Crippen LogP contribution in [0.3, 0.4) is 0 Å². The lowest BCUT2D eigenvalue weighted by Gasteiger charge is -2.07. The maximum Gasteiger partial charge on any atom is 0.200 e. The van der Waals surface area contributed by atoms with Gasteiger partial charge in [0.1, 0.15) is 5.75 Å². The first-order chi connectivity index (χ1) is 12.4. The molecule has 4 rings (SSSR count). The Balaban J connectivity index is 1.82. The third kappa shape index (κ3) is 2.64. The van der Waals surface area contributed by atoms with E-state index in [1.807, 2.05) is 12.1 Å². The Labute approximate surface area is 151 Å². The van der Waals surface area contributed by atoms with E-state index in [2.05, 4.69) is 5.10 Å². The standard InChI is InChI=1S/C19H11ClF2N2O2/c20-14-6-11(2-4-17(14)25)10-1-3-16-12(5-10)9-23-24(16)13-7-15(21)19(22)18(26)8-13/h1-9,25-26H. The summed E-state index contributed by atoms with van der Waals surface area (Å²) < 4.78 is 28.3. The third-order valence-electron chi connectivity index (χ3n) is 4.09. The minimum atomic E-state index is -1.29. The smallest absolute Gasteiger partial charge is 0.200 e. The van der Waals surface area contributed by atoms with Crippen LogP contribution in [0.2, 0.25) is 5.02 Å². The van der Waals surface area contributed by atoms with Gasteiger partial charge in [0.25, 0.3) is 0 Å². The zero-order chi connectivity index (χ0) is 18.4. The average molecular weight is 373 g/mol. The molecule has 4 nitrogen and oxygen atoms in total. The van der Waals surface area contributed by atoms with E-state index in [0.717, 1.165) is 28.6 Å². The number of hydrogen-bond donors (Lipinski definition) is 2. The molecule has 0 aliphatic rings. The average Bonchev–Trinajstić information content (AvgIpc) is 3.04. The molecular weight excluding hydrogens is 362 g/mol. The van der Waals surface area contributed by atoms with Gasteiger partial charge in [0.2, 0.25) is 0 Å². The summed E-state index contributed by atoms with van der Waals surface area (Å²) in [7, 11) is 0. The third-order valence-corrected chi connectivity index (χ3v) is 4.39.